The van der Waals surface area contributed by atoms with E-state index in [9.17, 15) is 9.59 Å². The van der Waals surface area contributed by atoms with E-state index in [2.05, 4.69) is 15.3 Å². The van der Waals surface area contributed by atoms with Crippen LogP contribution in [0, 0.1) is 13.8 Å². The highest BCUT2D eigenvalue weighted by Gasteiger charge is 2.27. The van der Waals surface area contributed by atoms with Gasteiger partial charge in [0.05, 0.1) is 11.9 Å². The van der Waals surface area contributed by atoms with Crippen LogP contribution in [-0.4, -0.2) is 44.8 Å². The zero-order valence-electron chi connectivity index (χ0n) is 19.0. The van der Waals surface area contributed by atoms with Crippen LogP contribution in [0.1, 0.15) is 53.3 Å². The molecule has 8 nitrogen and oxygen atoms in total. The van der Waals surface area contributed by atoms with Gasteiger partial charge in [0.2, 0.25) is 5.91 Å². The number of hydrogen-bond acceptors (Lipinski definition) is 6. The normalized spacial score (nSPS) is 15.7. The van der Waals surface area contributed by atoms with Gasteiger partial charge < -0.3 is 15.0 Å². The average Bonchev–Trinajstić information content (AvgIpc) is 2.80. The van der Waals surface area contributed by atoms with Gasteiger partial charge >= 0.3 is 0 Å². The summed E-state index contributed by atoms with van der Waals surface area (Å²) in [7, 11) is 0. The Morgan fingerprint density at radius 3 is 2.52 bits per heavy atom. The molecule has 1 fully saturated rings. The van der Waals surface area contributed by atoms with Gasteiger partial charge in [0.15, 0.2) is 0 Å². The summed E-state index contributed by atoms with van der Waals surface area (Å²) in [6, 6.07) is 11.0. The fourth-order valence-electron chi connectivity index (χ4n) is 3.94. The number of ether oxygens (including phenoxy) is 1. The summed E-state index contributed by atoms with van der Waals surface area (Å²) < 4.78 is 6.05. The predicted octanol–water partition coefficient (Wildman–Crippen LogP) is 4.26. The molecule has 2 aromatic heterocycles. The molecule has 0 spiro atoms. The van der Waals surface area contributed by atoms with E-state index in [0.717, 1.165) is 29.9 Å². The fraction of sp³-hybridized carbons (Fsp3) is 0.320. The van der Waals surface area contributed by atoms with Gasteiger partial charge in [0, 0.05) is 61.3 Å². The SMILES string of the molecule is CC(=O)Nc1ccc(Oc2cc(C)nc([C@H]3CCCN(C(=O)c4cnc(C)cn4)C3)c2)cc1. The van der Waals surface area contributed by atoms with E-state index >= 15 is 0 Å². The summed E-state index contributed by atoms with van der Waals surface area (Å²) in [6.45, 7) is 6.53. The number of carbonyl (C=O) groups excluding carboxylic acids is 2. The van der Waals surface area contributed by atoms with Gasteiger partial charge in [-0.3, -0.25) is 19.6 Å². The van der Waals surface area contributed by atoms with Gasteiger partial charge in [-0.1, -0.05) is 0 Å². The van der Waals surface area contributed by atoms with Gasteiger partial charge in [-0.15, -0.1) is 0 Å². The van der Waals surface area contributed by atoms with Crippen molar-refractivity contribution in [1.29, 1.82) is 0 Å². The molecule has 8 heteroatoms. The second-order valence-electron chi connectivity index (χ2n) is 8.31. The van der Waals surface area contributed by atoms with Crippen LogP contribution in [0.2, 0.25) is 0 Å². The van der Waals surface area contributed by atoms with E-state index < -0.39 is 0 Å². The second kappa shape index (κ2) is 9.77. The van der Waals surface area contributed by atoms with Crippen LogP contribution in [-0.2, 0) is 4.79 Å². The van der Waals surface area contributed by atoms with Crippen LogP contribution in [0.15, 0.2) is 48.8 Å². The largest absolute Gasteiger partial charge is 0.457 e. The molecule has 1 aliphatic rings. The fourth-order valence-corrected chi connectivity index (χ4v) is 3.94. The number of benzene rings is 1. The van der Waals surface area contributed by atoms with Crippen molar-refractivity contribution in [2.75, 3.05) is 18.4 Å². The first kappa shape index (κ1) is 22.4. The van der Waals surface area contributed by atoms with Crippen LogP contribution in [0.3, 0.4) is 0 Å². The molecule has 0 bridgehead atoms. The summed E-state index contributed by atoms with van der Waals surface area (Å²) in [5, 5.41) is 2.74. The number of likely N-dealkylation sites (tertiary alicyclic amines) is 1. The van der Waals surface area contributed by atoms with E-state index in [4.69, 9.17) is 9.72 Å². The highest BCUT2D eigenvalue weighted by Crippen LogP contribution is 2.31. The number of hydrogen-bond donors (Lipinski definition) is 1. The molecule has 2 amide bonds. The van der Waals surface area contributed by atoms with E-state index in [1.165, 1.54) is 13.1 Å². The lowest BCUT2D eigenvalue weighted by atomic mass is 9.93. The number of nitrogens with one attached hydrogen (secondary N) is 1. The van der Waals surface area contributed by atoms with Gasteiger partial charge in [-0.25, -0.2) is 4.98 Å². The third-order valence-electron chi connectivity index (χ3n) is 5.48. The lowest BCUT2D eigenvalue weighted by molar-refractivity contribution is -0.114. The Hall–Kier alpha value is -3.81. The molecule has 1 saturated heterocycles. The first-order valence-corrected chi connectivity index (χ1v) is 11.0. The highest BCUT2D eigenvalue weighted by molar-refractivity contribution is 5.92. The number of nitrogens with zero attached hydrogens (tertiary/aromatic N) is 4. The number of carbonyl (C=O) groups is 2. The third-order valence-corrected chi connectivity index (χ3v) is 5.48. The molecule has 0 unspecified atom stereocenters. The zero-order chi connectivity index (χ0) is 23.4. The molecular formula is C25H27N5O3. The summed E-state index contributed by atoms with van der Waals surface area (Å²) in [6.07, 6.45) is 5.00. The van der Waals surface area contributed by atoms with Crippen molar-refractivity contribution in [3.63, 3.8) is 0 Å². The molecule has 3 heterocycles. The Morgan fingerprint density at radius 2 is 1.82 bits per heavy atom. The lowest BCUT2D eigenvalue weighted by Crippen LogP contribution is -2.39. The first-order chi connectivity index (χ1) is 15.9. The Balaban J connectivity index is 1.48. The molecular weight excluding hydrogens is 418 g/mol. The van der Waals surface area contributed by atoms with E-state index in [1.54, 1.807) is 18.3 Å². The van der Waals surface area contributed by atoms with E-state index in [0.29, 0.717) is 36.0 Å². The molecule has 33 heavy (non-hydrogen) atoms. The summed E-state index contributed by atoms with van der Waals surface area (Å²) >= 11 is 0. The maximum Gasteiger partial charge on any atom is 0.274 e. The Labute approximate surface area is 193 Å². The number of pyridine rings is 1. The number of rotatable bonds is 5. The van der Waals surface area contributed by atoms with Crippen LogP contribution in [0.4, 0.5) is 5.69 Å². The zero-order valence-corrected chi connectivity index (χ0v) is 19.0. The molecule has 0 saturated carbocycles. The monoisotopic (exact) mass is 445 g/mol. The van der Waals surface area contributed by atoms with Gasteiger partial charge in [-0.2, -0.15) is 0 Å². The van der Waals surface area contributed by atoms with E-state index in [1.807, 2.05) is 43.0 Å². The van der Waals surface area contributed by atoms with Crippen LogP contribution in [0.25, 0.3) is 0 Å². The molecule has 1 aliphatic heterocycles. The van der Waals surface area contributed by atoms with Crippen LogP contribution in [0.5, 0.6) is 11.5 Å². The number of amides is 2. The number of aryl methyl sites for hydroxylation is 2. The maximum absolute atomic E-state index is 12.9. The Morgan fingerprint density at radius 1 is 1.03 bits per heavy atom. The Kier molecular flexibility index (Phi) is 6.63. The van der Waals surface area contributed by atoms with Crippen LogP contribution < -0.4 is 10.1 Å². The maximum atomic E-state index is 12.9. The number of piperidine rings is 1. The molecule has 1 N–H and O–H groups in total. The molecule has 0 aliphatic carbocycles. The number of anilines is 1. The number of aromatic nitrogens is 3. The molecule has 3 aromatic rings. The topological polar surface area (TPSA) is 97.3 Å². The summed E-state index contributed by atoms with van der Waals surface area (Å²) in [4.78, 5) is 39.1. The van der Waals surface area contributed by atoms with Crippen molar-refractivity contribution in [3.05, 3.63) is 71.6 Å². The smallest absolute Gasteiger partial charge is 0.274 e. The van der Waals surface area contributed by atoms with Crippen molar-refractivity contribution in [2.45, 2.75) is 39.5 Å². The molecule has 4 rings (SSSR count). The van der Waals surface area contributed by atoms with Crippen LogP contribution >= 0.6 is 0 Å². The van der Waals surface area contributed by atoms with Crippen molar-refractivity contribution >= 4 is 17.5 Å². The average molecular weight is 446 g/mol. The molecule has 0 radical (unpaired) electrons. The Bertz CT molecular complexity index is 1150. The van der Waals surface area contributed by atoms with E-state index in [-0.39, 0.29) is 17.7 Å². The molecule has 170 valence electrons. The van der Waals surface area contributed by atoms with Crippen molar-refractivity contribution in [1.82, 2.24) is 19.9 Å². The summed E-state index contributed by atoms with van der Waals surface area (Å²) in [5.41, 5.74) is 3.62. The quantitative estimate of drug-likeness (QED) is 0.630. The minimum atomic E-state index is -0.118. The minimum Gasteiger partial charge on any atom is -0.457 e. The van der Waals surface area contributed by atoms with Gasteiger partial charge in [0.1, 0.15) is 17.2 Å². The standard InChI is InChI=1S/C25H27N5O3/c1-16-11-22(33-21-8-6-20(7-9-21)29-18(3)31)12-23(28-16)19-5-4-10-30(15-19)25(32)24-14-26-17(2)13-27-24/h6-9,11-14,19H,4-5,10,15H2,1-3H3,(H,29,31)/t19-/m0/s1. The van der Waals surface area contributed by atoms with Crippen molar-refractivity contribution in [2.24, 2.45) is 0 Å². The highest BCUT2D eigenvalue weighted by atomic mass is 16.5. The molecule has 1 atom stereocenters. The van der Waals surface area contributed by atoms with Crippen molar-refractivity contribution in [3.8, 4) is 11.5 Å². The third kappa shape index (κ3) is 5.71. The first-order valence-electron chi connectivity index (χ1n) is 11.0. The predicted molar refractivity (Wildman–Crippen MR) is 124 cm³/mol. The van der Waals surface area contributed by atoms with Gasteiger partial charge in [0.25, 0.3) is 5.91 Å². The lowest BCUT2D eigenvalue weighted by Gasteiger charge is -2.32. The second-order valence-corrected chi connectivity index (χ2v) is 8.31. The summed E-state index contributed by atoms with van der Waals surface area (Å²) in [5.74, 6) is 1.25. The van der Waals surface area contributed by atoms with Gasteiger partial charge in [-0.05, 0) is 51.0 Å². The van der Waals surface area contributed by atoms with Crippen molar-refractivity contribution < 1.29 is 14.3 Å². The molecule has 1 aromatic carbocycles. The minimum absolute atomic E-state index is 0.101.